The number of rotatable bonds is 6. The summed E-state index contributed by atoms with van der Waals surface area (Å²) >= 11 is 0. The van der Waals surface area contributed by atoms with E-state index in [1.165, 1.54) is 0 Å². The Morgan fingerprint density at radius 3 is 2.81 bits per heavy atom. The molecule has 0 fully saturated rings. The number of hydrogen-bond donors (Lipinski definition) is 1. The minimum Gasteiger partial charge on any atom is -0.432 e. The van der Waals surface area contributed by atoms with Crippen LogP contribution in [0.5, 0.6) is 11.6 Å². The molecule has 0 radical (unpaired) electrons. The van der Waals surface area contributed by atoms with Crippen molar-refractivity contribution in [2.75, 3.05) is 6.54 Å². The van der Waals surface area contributed by atoms with E-state index in [1.54, 1.807) is 18.3 Å². The Morgan fingerprint density at radius 1 is 1.38 bits per heavy atom. The zero-order valence-electron chi connectivity index (χ0n) is 11.4. The minimum absolute atomic E-state index is 0.170. The number of ether oxygens (including phenoxy) is 1. The van der Waals surface area contributed by atoms with Gasteiger partial charge in [0.15, 0.2) is 0 Å². The van der Waals surface area contributed by atoms with Gasteiger partial charge in [-0.2, -0.15) is 0 Å². The molecule has 2 rings (SSSR count). The van der Waals surface area contributed by atoms with Gasteiger partial charge in [-0.1, -0.05) is 13.0 Å². The highest BCUT2D eigenvalue weighted by Gasteiger charge is 2.17. The van der Waals surface area contributed by atoms with Gasteiger partial charge in [0.1, 0.15) is 5.82 Å². The van der Waals surface area contributed by atoms with Crippen LogP contribution >= 0.6 is 0 Å². The summed E-state index contributed by atoms with van der Waals surface area (Å²) in [4.78, 5) is 14.3. The van der Waals surface area contributed by atoms with E-state index < -0.39 is 10.7 Å². The molecule has 1 heterocycles. The first-order valence-corrected chi connectivity index (χ1v) is 6.37. The molecule has 0 bridgehead atoms. The third-order valence-electron chi connectivity index (χ3n) is 2.71. The number of nitrogens with zero attached hydrogens (tertiary/aromatic N) is 2. The van der Waals surface area contributed by atoms with E-state index in [-0.39, 0.29) is 17.3 Å². The van der Waals surface area contributed by atoms with Crippen LogP contribution in [0.4, 0.5) is 10.1 Å². The van der Waals surface area contributed by atoms with E-state index in [2.05, 4.69) is 10.3 Å². The number of benzene rings is 1. The Labute approximate surface area is 120 Å². The van der Waals surface area contributed by atoms with Crippen LogP contribution in [-0.2, 0) is 6.54 Å². The summed E-state index contributed by atoms with van der Waals surface area (Å²) in [5, 5.41) is 14.0. The average Bonchev–Trinajstić information content (AvgIpc) is 2.46. The number of aromatic nitrogens is 1. The Bertz CT molecular complexity index is 632. The smallest absolute Gasteiger partial charge is 0.311 e. The lowest BCUT2D eigenvalue weighted by Gasteiger charge is -2.06. The van der Waals surface area contributed by atoms with Crippen molar-refractivity contribution < 1.29 is 14.1 Å². The molecule has 0 aliphatic rings. The number of nitro benzene ring substituents is 1. The van der Waals surface area contributed by atoms with Crippen LogP contribution in [-0.4, -0.2) is 16.5 Å². The van der Waals surface area contributed by atoms with Crippen molar-refractivity contribution in [3.05, 3.63) is 58.0 Å². The van der Waals surface area contributed by atoms with E-state index in [0.717, 1.165) is 30.3 Å². The van der Waals surface area contributed by atoms with Crippen molar-refractivity contribution in [2.24, 2.45) is 0 Å². The monoisotopic (exact) mass is 291 g/mol. The molecule has 7 heteroatoms. The number of pyridine rings is 1. The Balaban J connectivity index is 2.18. The molecule has 21 heavy (non-hydrogen) atoms. The number of hydrogen-bond acceptors (Lipinski definition) is 5. The first-order chi connectivity index (χ1) is 10.1. The molecule has 110 valence electrons. The van der Waals surface area contributed by atoms with Crippen LogP contribution in [0.2, 0.25) is 0 Å². The molecular formula is C14H14FN3O3. The van der Waals surface area contributed by atoms with E-state index in [0.29, 0.717) is 6.54 Å². The molecule has 2 aromatic rings. The van der Waals surface area contributed by atoms with E-state index in [1.807, 2.05) is 6.92 Å². The molecule has 6 nitrogen and oxygen atoms in total. The van der Waals surface area contributed by atoms with Crippen molar-refractivity contribution in [3.8, 4) is 11.6 Å². The summed E-state index contributed by atoms with van der Waals surface area (Å²) < 4.78 is 18.5. The number of nitro groups is 1. The normalized spacial score (nSPS) is 10.4. The van der Waals surface area contributed by atoms with Gasteiger partial charge in [-0.05, 0) is 18.2 Å². The zero-order chi connectivity index (χ0) is 15.2. The second-order valence-electron chi connectivity index (χ2n) is 4.26. The molecule has 0 atom stereocenters. The van der Waals surface area contributed by atoms with Gasteiger partial charge in [-0.15, -0.1) is 0 Å². The summed E-state index contributed by atoms with van der Waals surface area (Å²) in [7, 11) is 0. The molecular weight excluding hydrogens is 277 g/mol. The van der Waals surface area contributed by atoms with Crippen molar-refractivity contribution in [1.82, 2.24) is 10.3 Å². The summed E-state index contributed by atoms with van der Waals surface area (Å²) in [6.45, 7) is 3.51. The maximum Gasteiger partial charge on any atom is 0.311 e. The molecule has 0 spiro atoms. The van der Waals surface area contributed by atoms with Gasteiger partial charge in [-0.25, -0.2) is 9.37 Å². The van der Waals surface area contributed by atoms with Gasteiger partial charge in [0.2, 0.25) is 11.6 Å². The minimum atomic E-state index is -0.631. The highest BCUT2D eigenvalue weighted by Crippen LogP contribution is 2.31. The van der Waals surface area contributed by atoms with Crippen molar-refractivity contribution >= 4 is 5.69 Å². The lowest BCUT2D eigenvalue weighted by atomic mass is 10.3. The predicted octanol–water partition coefficient (Wildman–Crippen LogP) is 3.03. The molecule has 1 aromatic heterocycles. The van der Waals surface area contributed by atoms with Gasteiger partial charge < -0.3 is 10.1 Å². The SMILES string of the molecule is CCNCc1ccc(Oc2cc(F)ccc2[N+](=O)[O-])nc1. The fraction of sp³-hybridized carbons (Fsp3) is 0.214. The predicted molar refractivity (Wildman–Crippen MR) is 74.7 cm³/mol. The van der Waals surface area contributed by atoms with E-state index >= 15 is 0 Å². The summed E-state index contributed by atoms with van der Waals surface area (Å²) in [6.07, 6.45) is 1.60. The molecule has 0 aliphatic heterocycles. The lowest BCUT2D eigenvalue weighted by molar-refractivity contribution is -0.385. The third-order valence-corrected chi connectivity index (χ3v) is 2.71. The van der Waals surface area contributed by atoms with Gasteiger partial charge in [0.25, 0.3) is 0 Å². The average molecular weight is 291 g/mol. The lowest BCUT2D eigenvalue weighted by Crippen LogP contribution is -2.11. The van der Waals surface area contributed by atoms with Gasteiger partial charge in [-0.3, -0.25) is 10.1 Å². The highest BCUT2D eigenvalue weighted by atomic mass is 19.1. The maximum atomic E-state index is 13.2. The summed E-state index contributed by atoms with van der Waals surface area (Å²) in [5.41, 5.74) is 0.646. The largest absolute Gasteiger partial charge is 0.432 e. The van der Waals surface area contributed by atoms with E-state index in [9.17, 15) is 14.5 Å². The van der Waals surface area contributed by atoms with E-state index in [4.69, 9.17) is 4.74 Å². The Morgan fingerprint density at radius 2 is 2.19 bits per heavy atom. The molecule has 0 aliphatic carbocycles. The maximum absolute atomic E-state index is 13.2. The van der Waals surface area contributed by atoms with Crippen molar-refractivity contribution in [3.63, 3.8) is 0 Å². The van der Waals surface area contributed by atoms with Gasteiger partial charge in [0, 0.05) is 30.9 Å². The zero-order valence-corrected chi connectivity index (χ0v) is 11.4. The quantitative estimate of drug-likeness (QED) is 0.654. The number of halogens is 1. The highest BCUT2D eigenvalue weighted by molar-refractivity contribution is 5.47. The standard InChI is InChI=1S/C14H14FN3O3/c1-2-16-8-10-3-6-14(17-9-10)21-13-7-11(15)4-5-12(13)18(19)20/h3-7,9,16H,2,8H2,1H3. The van der Waals surface area contributed by atoms with Crippen LogP contribution in [0.15, 0.2) is 36.5 Å². The molecule has 0 amide bonds. The fourth-order valence-electron chi connectivity index (χ4n) is 1.68. The van der Waals surface area contributed by atoms with Gasteiger partial charge in [0.05, 0.1) is 4.92 Å². The van der Waals surface area contributed by atoms with Gasteiger partial charge >= 0.3 is 5.69 Å². The second-order valence-corrected chi connectivity index (χ2v) is 4.26. The van der Waals surface area contributed by atoms with Crippen molar-refractivity contribution in [1.29, 1.82) is 0 Å². The summed E-state index contributed by atoms with van der Waals surface area (Å²) in [5.74, 6) is -0.616. The van der Waals surface area contributed by atoms with Crippen LogP contribution in [0.1, 0.15) is 12.5 Å². The fourth-order valence-corrected chi connectivity index (χ4v) is 1.68. The molecule has 0 saturated heterocycles. The summed E-state index contributed by atoms with van der Waals surface area (Å²) in [6, 6.07) is 6.41. The first-order valence-electron chi connectivity index (χ1n) is 6.37. The van der Waals surface area contributed by atoms with Crippen LogP contribution in [0.25, 0.3) is 0 Å². The number of nitrogens with one attached hydrogen (secondary N) is 1. The third kappa shape index (κ3) is 3.96. The molecule has 0 saturated carbocycles. The van der Waals surface area contributed by atoms with Crippen molar-refractivity contribution in [2.45, 2.75) is 13.5 Å². The Kier molecular flexibility index (Phi) is 4.78. The van der Waals surface area contributed by atoms with Crippen LogP contribution in [0, 0.1) is 15.9 Å². The molecule has 1 N–H and O–H groups in total. The van der Waals surface area contributed by atoms with Crippen LogP contribution in [0.3, 0.4) is 0 Å². The topological polar surface area (TPSA) is 77.3 Å². The second kappa shape index (κ2) is 6.76. The molecule has 1 aromatic carbocycles. The molecule has 0 unspecified atom stereocenters. The first kappa shape index (κ1) is 14.9. The Hall–Kier alpha value is -2.54. The van der Waals surface area contributed by atoms with Crippen LogP contribution < -0.4 is 10.1 Å².